The molecule has 4 heteroatoms. The lowest BCUT2D eigenvalue weighted by atomic mass is 10.2. The summed E-state index contributed by atoms with van der Waals surface area (Å²) in [4.78, 5) is 24.4. The van der Waals surface area contributed by atoms with Crippen molar-refractivity contribution in [2.45, 2.75) is 0 Å². The molecule has 1 fully saturated rings. The summed E-state index contributed by atoms with van der Waals surface area (Å²) in [5.74, 6) is -0.228. The summed E-state index contributed by atoms with van der Waals surface area (Å²) >= 11 is 0.975. The van der Waals surface area contributed by atoms with Crippen molar-refractivity contribution in [1.29, 1.82) is 0 Å². The van der Waals surface area contributed by atoms with E-state index in [-0.39, 0.29) is 11.1 Å². The molecule has 0 unspecified atom stereocenters. The number of benzene rings is 1. The maximum atomic E-state index is 11.5. The van der Waals surface area contributed by atoms with Gasteiger partial charge in [-0.1, -0.05) is 30.3 Å². The number of amides is 2. The van der Waals surface area contributed by atoms with Crippen molar-refractivity contribution in [2.75, 3.05) is 7.05 Å². The van der Waals surface area contributed by atoms with Crippen molar-refractivity contribution < 1.29 is 9.59 Å². The Balaban J connectivity index is 2.30. The molecule has 0 aromatic heterocycles. The van der Waals surface area contributed by atoms with Gasteiger partial charge in [-0.05, 0) is 23.4 Å². The van der Waals surface area contributed by atoms with Crippen LogP contribution in [0.1, 0.15) is 5.56 Å². The van der Waals surface area contributed by atoms with Gasteiger partial charge in [0.2, 0.25) is 0 Å². The van der Waals surface area contributed by atoms with Crippen LogP contribution in [0.3, 0.4) is 0 Å². The highest BCUT2D eigenvalue weighted by Crippen LogP contribution is 2.30. The Morgan fingerprint density at radius 2 is 1.87 bits per heavy atom. The Labute approximate surface area is 91.8 Å². The molecule has 0 saturated carbocycles. The van der Waals surface area contributed by atoms with E-state index in [1.54, 1.807) is 6.08 Å². The molecule has 2 amide bonds. The summed E-state index contributed by atoms with van der Waals surface area (Å²) < 4.78 is 0. The molecule has 0 radical (unpaired) electrons. The topological polar surface area (TPSA) is 37.4 Å². The summed E-state index contributed by atoms with van der Waals surface area (Å²) in [7, 11) is 1.49. The maximum Gasteiger partial charge on any atom is 0.293 e. The first-order valence-corrected chi connectivity index (χ1v) is 5.27. The number of carbonyl (C=O) groups excluding carboxylic acids is 2. The number of nitrogens with zero attached hydrogens (tertiary/aromatic N) is 1. The SMILES string of the molecule is CN1C(=O)S/C(=C/c2ccccc2)C1=O. The predicted octanol–water partition coefficient (Wildman–Crippen LogP) is 2.35. The number of hydrogen-bond donors (Lipinski definition) is 0. The van der Waals surface area contributed by atoms with Crippen LogP contribution in [-0.2, 0) is 4.79 Å². The van der Waals surface area contributed by atoms with Gasteiger partial charge in [-0.3, -0.25) is 14.5 Å². The summed E-state index contributed by atoms with van der Waals surface area (Å²) in [5.41, 5.74) is 0.927. The van der Waals surface area contributed by atoms with Crippen LogP contribution in [0.2, 0.25) is 0 Å². The molecule has 1 saturated heterocycles. The Morgan fingerprint density at radius 1 is 1.20 bits per heavy atom. The fourth-order valence-corrected chi connectivity index (χ4v) is 2.07. The molecule has 76 valence electrons. The second-order valence-electron chi connectivity index (χ2n) is 3.15. The summed E-state index contributed by atoms with van der Waals surface area (Å²) in [5, 5.41) is -0.220. The van der Waals surface area contributed by atoms with Crippen LogP contribution >= 0.6 is 11.8 Å². The van der Waals surface area contributed by atoms with E-state index >= 15 is 0 Å². The smallest absolute Gasteiger partial charge is 0.272 e. The molecule has 1 heterocycles. The molecular formula is C11H9NO2S. The standard InChI is InChI=1S/C11H9NO2S/c1-12-10(13)9(15-11(12)14)7-8-5-3-2-4-6-8/h2-7H,1H3/b9-7+. The first-order valence-electron chi connectivity index (χ1n) is 4.45. The van der Waals surface area contributed by atoms with Crippen LogP contribution in [0.5, 0.6) is 0 Å². The highest BCUT2D eigenvalue weighted by molar-refractivity contribution is 8.18. The Morgan fingerprint density at radius 3 is 2.40 bits per heavy atom. The molecular weight excluding hydrogens is 210 g/mol. The third-order valence-corrected chi connectivity index (χ3v) is 3.04. The van der Waals surface area contributed by atoms with E-state index in [4.69, 9.17) is 0 Å². The third-order valence-electron chi connectivity index (χ3n) is 2.08. The van der Waals surface area contributed by atoms with E-state index in [0.717, 1.165) is 22.2 Å². The van der Waals surface area contributed by atoms with Gasteiger partial charge in [-0.2, -0.15) is 0 Å². The second-order valence-corrected chi connectivity index (χ2v) is 4.14. The van der Waals surface area contributed by atoms with Gasteiger partial charge < -0.3 is 0 Å². The normalized spacial score (nSPS) is 19.0. The molecule has 0 aliphatic carbocycles. The largest absolute Gasteiger partial charge is 0.293 e. The van der Waals surface area contributed by atoms with Crippen LogP contribution in [0.25, 0.3) is 6.08 Å². The minimum absolute atomic E-state index is 0.220. The van der Waals surface area contributed by atoms with Gasteiger partial charge in [0.1, 0.15) is 0 Å². The highest BCUT2D eigenvalue weighted by Gasteiger charge is 2.31. The van der Waals surface area contributed by atoms with Gasteiger partial charge in [0.25, 0.3) is 11.1 Å². The van der Waals surface area contributed by atoms with Crippen LogP contribution in [-0.4, -0.2) is 23.1 Å². The van der Waals surface area contributed by atoms with Crippen molar-refractivity contribution in [3.8, 4) is 0 Å². The van der Waals surface area contributed by atoms with E-state index in [0.29, 0.717) is 4.91 Å². The lowest BCUT2D eigenvalue weighted by Gasteiger charge is -2.00. The van der Waals surface area contributed by atoms with Gasteiger partial charge in [0.05, 0.1) is 4.91 Å². The van der Waals surface area contributed by atoms with E-state index < -0.39 is 0 Å². The summed E-state index contributed by atoms with van der Waals surface area (Å²) in [6.45, 7) is 0. The summed E-state index contributed by atoms with van der Waals surface area (Å²) in [6.07, 6.45) is 1.73. The van der Waals surface area contributed by atoms with Crippen LogP contribution in [0.15, 0.2) is 35.2 Å². The van der Waals surface area contributed by atoms with Gasteiger partial charge in [0.15, 0.2) is 0 Å². The first-order chi connectivity index (χ1) is 7.18. The number of carbonyl (C=O) groups is 2. The monoisotopic (exact) mass is 219 g/mol. The van der Waals surface area contributed by atoms with Gasteiger partial charge in [0, 0.05) is 7.05 Å². The molecule has 0 bridgehead atoms. The van der Waals surface area contributed by atoms with Gasteiger partial charge >= 0.3 is 0 Å². The molecule has 0 N–H and O–H groups in total. The Kier molecular flexibility index (Phi) is 2.60. The fourth-order valence-electron chi connectivity index (χ4n) is 1.25. The van der Waals surface area contributed by atoms with Crippen molar-refractivity contribution in [1.82, 2.24) is 4.90 Å². The molecule has 1 aromatic rings. The van der Waals surface area contributed by atoms with Crippen LogP contribution in [0.4, 0.5) is 4.79 Å². The van der Waals surface area contributed by atoms with Crippen molar-refractivity contribution in [2.24, 2.45) is 0 Å². The van der Waals surface area contributed by atoms with E-state index in [9.17, 15) is 9.59 Å². The minimum atomic E-state index is -0.228. The zero-order valence-corrected chi connectivity index (χ0v) is 8.95. The lowest BCUT2D eigenvalue weighted by Crippen LogP contribution is -2.22. The summed E-state index contributed by atoms with van der Waals surface area (Å²) in [6, 6.07) is 9.47. The first kappa shape index (κ1) is 9.98. The molecule has 2 rings (SSSR count). The average molecular weight is 219 g/mol. The molecule has 1 aromatic carbocycles. The quantitative estimate of drug-likeness (QED) is 0.680. The minimum Gasteiger partial charge on any atom is -0.272 e. The number of hydrogen-bond acceptors (Lipinski definition) is 3. The molecule has 15 heavy (non-hydrogen) atoms. The number of imide groups is 1. The molecule has 0 spiro atoms. The van der Waals surface area contributed by atoms with Crippen molar-refractivity contribution in [3.63, 3.8) is 0 Å². The molecule has 1 aliphatic rings. The third kappa shape index (κ3) is 1.94. The van der Waals surface area contributed by atoms with Crippen LogP contribution < -0.4 is 0 Å². The van der Waals surface area contributed by atoms with E-state index in [2.05, 4.69) is 0 Å². The van der Waals surface area contributed by atoms with E-state index in [1.165, 1.54) is 7.05 Å². The Hall–Kier alpha value is -1.55. The maximum absolute atomic E-state index is 11.5. The lowest BCUT2D eigenvalue weighted by molar-refractivity contribution is -0.121. The van der Waals surface area contributed by atoms with Gasteiger partial charge in [-0.15, -0.1) is 0 Å². The Bertz CT molecular complexity index is 439. The van der Waals surface area contributed by atoms with Crippen molar-refractivity contribution in [3.05, 3.63) is 40.8 Å². The molecule has 0 atom stereocenters. The second kappa shape index (κ2) is 3.90. The zero-order chi connectivity index (χ0) is 10.8. The number of rotatable bonds is 1. The molecule has 1 aliphatic heterocycles. The zero-order valence-electron chi connectivity index (χ0n) is 8.14. The fraction of sp³-hybridized carbons (Fsp3) is 0.0909. The number of thioether (sulfide) groups is 1. The highest BCUT2D eigenvalue weighted by atomic mass is 32.2. The molecule has 3 nitrogen and oxygen atoms in total. The van der Waals surface area contributed by atoms with Gasteiger partial charge in [-0.25, -0.2) is 0 Å². The number of likely N-dealkylation sites (N-methyl/N-ethyl adjacent to an activating group) is 1. The van der Waals surface area contributed by atoms with Crippen LogP contribution in [0, 0.1) is 0 Å². The van der Waals surface area contributed by atoms with Crippen molar-refractivity contribution >= 4 is 29.0 Å². The van der Waals surface area contributed by atoms with E-state index in [1.807, 2.05) is 30.3 Å². The predicted molar refractivity (Wildman–Crippen MR) is 60.2 cm³/mol. The average Bonchev–Trinajstić information content (AvgIpc) is 2.48.